The van der Waals surface area contributed by atoms with E-state index in [-0.39, 0.29) is 16.5 Å². The number of nitro groups is 1. The second-order valence-corrected chi connectivity index (χ2v) is 3.68. The molecule has 0 aliphatic heterocycles. The van der Waals surface area contributed by atoms with Crippen molar-refractivity contribution in [2.45, 2.75) is 26.7 Å². The molecule has 0 atom stereocenters. The van der Waals surface area contributed by atoms with E-state index in [2.05, 4.69) is 0 Å². The second kappa shape index (κ2) is 3.65. The summed E-state index contributed by atoms with van der Waals surface area (Å²) in [4.78, 5) is 10.4. The molecule has 0 radical (unpaired) electrons. The second-order valence-electron chi connectivity index (χ2n) is 3.68. The zero-order valence-corrected chi connectivity index (χ0v) is 8.57. The maximum Gasteiger partial charge on any atom is 0.273 e. The zero-order valence-electron chi connectivity index (χ0n) is 8.57. The van der Waals surface area contributed by atoms with Gasteiger partial charge in [0, 0.05) is 17.3 Å². The number of nitro benzene ring substituents is 1. The van der Waals surface area contributed by atoms with E-state index in [9.17, 15) is 10.1 Å². The number of nitrogens with two attached hydrogens (primary N) is 1. The molecule has 0 heterocycles. The van der Waals surface area contributed by atoms with Crippen molar-refractivity contribution >= 4 is 11.4 Å². The van der Waals surface area contributed by atoms with Crippen LogP contribution in [0.5, 0.6) is 0 Å². The third kappa shape index (κ3) is 1.84. The van der Waals surface area contributed by atoms with E-state index in [0.29, 0.717) is 11.3 Å². The SMILES string of the molecule is Cc1cc([N+](=O)[O-])c(C(C)C)cc1N. The average Bonchev–Trinajstić information content (AvgIpc) is 2.08. The Hall–Kier alpha value is -1.58. The van der Waals surface area contributed by atoms with E-state index in [1.165, 1.54) is 6.07 Å². The van der Waals surface area contributed by atoms with Gasteiger partial charge in [0.25, 0.3) is 5.69 Å². The average molecular weight is 194 g/mol. The normalized spacial score (nSPS) is 10.6. The Kier molecular flexibility index (Phi) is 2.74. The van der Waals surface area contributed by atoms with Crippen molar-refractivity contribution in [1.82, 2.24) is 0 Å². The van der Waals surface area contributed by atoms with Crippen LogP contribution in [-0.4, -0.2) is 4.92 Å². The summed E-state index contributed by atoms with van der Waals surface area (Å²) in [6.45, 7) is 5.60. The van der Waals surface area contributed by atoms with Crippen LogP contribution in [0.1, 0.15) is 30.9 Å². The third-order valence-electron chi connectivity index (χ3n) is 2.23. The first-order chi connectivity index (χ1) is 6.43. The highest BCUT2D eigenvalue weighted by Gasteiger charge is 2.17. The number of nitrogens with zero attached hydrogens (tertiary/aromatic N) is 1. The van der Waals surface area contributed by atoms with Crippen LogP contribution in [0.2, 0.25) is 0 Å². The van der Waals surface area contributed by atoms with Gasteiger partial charge in [0.1, 0.15) is 0 Å². The van der Waals surface area contributed by atoms with Crippen molar-refractivity contribution in [3.8, 4) is 0 Å². The number of rotatable bonds is 2. The van der Waals surface area contributed by atoms with Gasteiger partial charge in [0.15, 0.2) is 0 Å². The summed E-state index contributed by atoms with van der Waals surface area (Å²) in [7, 11) is 0. The molecule has 0 unspecified atom stereocenters. The van der Waals surface area contributed by atoms with Gasteiger partial charge in [-0.1, -0.05) is 13.8 Å². The molecule has 0 aliphatic rings. The highest BCUT2D eigenvalue weighted by atomic mass is 16.6. The Morgan fingerprint density at radius 2 is 2.00 bits per heavy atom. The van der Waals surface area contributed by atoms with E-state index in [1.54, 1.807) is 13.0 Å². The largest absolute Gasteiger partial charge is 0.398 e. The van der Waals surface area contributed by atoms with Crippen molar-refractivity contribution < 1.29 is 4.92 Å². The Balaban J connectivity index is 3.39. The smallest absolute Gasteiger partial charge is 0.273 e. The number of anilines is 1. The molecule has 0 spiro atoms. The molecule has 14 heavy (non-hydrogen) atoms. The van der Waals surface area contributed by atoms with Crippen molar-refractivity contribution in [3.63, 3.8) is 0 Å². The van der Waals surface area contributed by atoms with Gasteiger partial charge in [-0.2, -0.15) is 0 Å². The molecule has 76 valence electrons. The van der Waals surface area contributed by atoms with Crippen molar-refractivity contribution in [3.05, 3.63) is 33.4 Å². The molecule has 4 heteroatoms. The molecule has 2 N–H and O–H groups in total. The molecule has 1 aromatic carbocycles. The number of benzene rings is 1. The fourth-order valence-electron chi connectivity index (χ4n) is 1.35. The molecular weight excluding hydrogens is 180 g/mol. The summed E-state index contributed by atoms with van der Waals surface area (Å²) in [5.74, 6) is 0.110. The molecule has 0 fully saturated rings. The van der Waals surface area contributed by atoms with Gasteiger partial charge in [-0.15, -0.1) is 0 Å². The minimum Gasteiger partial charge on any atom is -0.398 e. The molecule has 0 saturated carbocycles. The minimum absolute atomic E-state index is 0.110. The lowest BCUT2D eigenvalue weighted by molar-refractivity contribution is -0.385. The predicted molar refractivity (Wildman–Crippen MR) is 56.3 cm³/mol. The van der Waals surface area contributed by atoms with Crippen molar-refractivity contribution in [1.29, 1.82) is 0 Å². The summed E-state index contributed by atoms with van der Waals surface area (Å²) in [6, 6.07) is 3.22. The van der Waals surface area contributed by atoms with Gasteiger partial charge < -0.3 is 5.73 Å². The molecule has 1 aromatic rings. The number of hydrogen-bond donors (Lipinski definition) is 1. The summed E-state index contributed by atoms with van der Waals surface area (Å²) in [5, 5.41) is 10.8. The molecule has 1 rings (SSSR count). The molecule has 0 aliphatic carbocycles. The fourth-order valence-corrected chi connectivity index (χ4v) is 1.35. The Morgan fingerprint density at radius 1 is 1.43 bits per heavy atom. The van der Waals surface area contributed by atoms with Gasteiger partial charge in [0.05, 0.1) is 4.92 Å². The summed E-state index contributed by atoms with van der Waals surface area (Å²) < 4.78 is 0. The van der Waals surface area contributed by atoms with E-state index >= 15 is 0 Å². The third-order valence-corrected chi connectivity index (χ3v) is 2.23. The lowest BCUT2D eigenvalue weighted by Gasteiger charge is -2.09. The topological polar surface area (TPSA) is 69.2 Å². The van der Waals surface area contributed by atoms with Gasteiger partial charge in [-0.25, -0.2) is 0 Å². The molecule has 0 aromatic heterocycles. The lowest BCUT2D eigenvalue weighted by atomic mass is 9.98. The van der Waals surface area contributed by atoms with Crippen LogP contribution >= 0.6 is 0 Å². The number of aryl methyl sites for hydroxylation is 1. The summed E-state index contributed by atoms with van der Waals surface area (Å²) in [6.07, 6.45) is 0. The first-order valence-electron chi connectivity index (χ1n) is 4.48. The Morgan fingerprint density at radius 3 is 2.43 bits per heavy atom. The minimum atomic E-state index is -0.359. The van der Waals surface area contributed by atoms with E-state index in [4.69, 9.17) is 5.73 Å². The van der Waals surface area contributed by atoms with Gasteiger partial charge in [0.2, 0.25) is 0 Å². The molecule has 4 nitrogen and oxygen atoms in total. The number of nitrogen functional groups attached to an aromatic ring is 1. The molecule has 0 saturated heterocycles. The molecule has 0 bridgehead atoms. The first-order valence-corrected chi connectivity index (χ1v) is 4.48. The molecular formula is C10H14N2O2. The predicted octanol–water partition coefficient (Wildman–Crippen LogP) is 2.61. The summed E-state index contributed by atoms with van der Waals surface area (Å²) >= 11 is 0. The summed E-state index contributed by atoms with van der Waals surface area (Å²) in [5.41, 5.74) is 7.92. The Labute approximate surface area is 82.9 Å². The standard InChI is InChI=1S/C10H14N2O2/c1-6(2)8-5-9(11)7(3)4-10(8)12(13)14/h4-6H,11H2,1-3H3. The van der Waals surface area contributed by atoms with Gasteiger partial charge >= 0.3 is 0 Å². The highest BCUT2D eigenvalue weighted by Crippen LogP contribution is 2.30. The van der Waals surface area contributed by atoms with Crippen molar-refractivity contribution in [2.75, 3.05) is 5.73 Å². The van der Waals surface area contributed by atoms with Crippen LogP contribution in [-0.2, 0) is 0 Å². The first kappa shape index (κ1) is 10.5. The highest BCUT2D eigenvalue weighted by molar-refractivity contribution is 5.57. The van der Waals surface area contributed by atoms with Crippen LogP contribution in [0.4, 0.5) is 11.4 Å². The van der Waals surface area contributed by atoms with Crippen LogP contribution in [0, 0.1) is 17.0 Å². The maximum absolute atomic E-state index is 10.8. The van der Waals surface area contributed by atoms with E-state index < -0.39 is 0 Å². The quantitative estimate of drug-likeness (QED) is 0.447. The van der Waals surface area contributed by atoms with E-state index in [0.717, 1.165) is 5.56 Å². The van der Waals surface area contributed by atoms with Crippen LogP contribution in [0.15, 0.2) is 12.1 Å². The monoisotopic (exact) mass is 194 g/mol. The van der Waals surface area contributed by atoms with E-state index in [1.807, 2.05) is 13.8 Å². The number of hydrogen-bond acceptors (Lipinski definition) is 3. The van der Waals surface area contributed by atoms with Crippen molar-refractivity contribution in [2.24, 2.45) is 0 Å². The van der Waals surface area contributed by atoms with Crippen LogP contribution in [0.3, 0.4) is 0 Å². The van der Waals surface area contributed by atoms with Crippen LogP contribution in [0.25, 0.3) is 0 Å². The molecule has 0 amide bonds. The lowest BCUT2D eigenvalue weighted by Crippen LogP contribution is -2.00. The fraction of sp³-hybridized carbons (Fsp3) is 0.400. The Bertz CT molecular complexity index is 373. The van der Waals surface area contributed by atoms with Gasteiger partial charge in [-0.3, -0.25) is 10.1 Å². The maximum atomic E-state index is 10.8. The van der Waals surface area contributed by atoms with Crippen LogP contribution < -0.4 is 5.73 Å². The zero-order chi connectivity index (χ0) is 10.9. The van der Waals surface area contributed by atoms with Gasteiger partial charge in [-0.05, 0) is 24.5 Å².